The van der Waals surface area contributed by atoms with Gasteiger partial charge in [-0.25, -0.2) is 0 Å². The number of carbonyl (C=O) groups is 1. The summed E-state index contributed by atoms with van der Waals surface area (Å²) in [7, 11) is 1.65. The molecule has 3 rings (SSSR count). The van der Waals surface area contributed by atoms with Crippen molar-refractivity contribution in [1.82, 2.24) is 4.90 Å². The Hall–Kier alpha value is -2.01. The Morgan fingerprint density at radius 2 is 1.79 bits per heavy atom. The fraction of sp³-hybridized carbons (Fsp3) is 0.316. The number of rotatable bonds is 5. The van der Waals surface area contributed by atoms with Crippen LogP contribution in [0.4, 0.5) is 0 Å². The minimum Gasteiger partial charge on any atom is -0.497 e. The fourth-order valence-electron chi connectivity index (χ4n) is 3.00. The van der Waals surface area contributed by atoms with Crippen molar-refractivity contribution in [3.8, 4) is 11.5 Å². The highest BCUT2D eigenvalue weighted by atomic mass is 79.9. The lowest BCUT2D eigenvalue weighted by atomic mass is 10.0. The maximum atomic E-state index is 12.6. The summed E-state index contributed by atoms with van der Waals surface area (Å²) in [4.78, 5) is 14.5. The number of benzene rings is 2. The molecule has 1 unspecified atom stereocenters. The number of hydrogen-bond donors (Lipinski definition) is 0. The summed E-state index contributed by atoms with van der Waals surface area (Å²) >= 11 is 3.38. The first-order valence-corrected chi connectivity index (χ1v) is 8.78. The lowest BCUT2D eigenvalue weighted by Crippen LogP contribution is -2.34. The van der Waals surface area contributed by atoms with Gasteiger partial charge in [-0.05, 0) is 54.8 Å². The van der Waals surface area contributed by atoms with Crippen LogP contribution >= 0.6 is 15.9 Å². The lowest BCUT2D eigenvalue weighted by molar-refractivity contribution is -0.134. The van der Waals surface area contributed by atoms with Crippen molar-refractivity contribution in [1.29, 1.82) is 0 Å². The molecule has 0 saturated carbocycles. The van der Waals surface area contributed by atoms with Crippen molar-refractivity contribution in [3.63, 3.8) is 0 Å². The number of likely N-dealkylation sites (tertiary alicyclic amines) is 1. The van der Waals surface area contributed by atoms with Crippen LogP contribution in [0.3, 0.4) is 0 Å². The predicted octanol–water partition coefficient (Wildman–Crippen LogP) is 4.20. The van der Waals surface area contributed by atoms with Crippen molar-refractivity contribution in [3.05, 3.63) is 58.6 Å². The molecule has 1 heterocycles. The van der Waals surface area contributed by atoms with Gasteiger partial charge in [0, 0.05) is 11.0 Å². The quantitative estimate of drug-likeness (QED) is 0.768. The highest BCUT2D eigenvalue weighted by Crippen LogP contribution is 2.32. The molecular weight excluding hydrogens is 370 g/mol. The van der Waals surface area contributed by atoms with Crippen molar-refractivity contribution < 1.29 is 14.3 Å². The van der Waals surface area contributed by atoms with E-state index in [1.807, 2.05) is 53.4 Å². The molecule has 2 aromatic rings. The van der Waals surface area contributed by atoms with Gasteiger partial charge in [0.25, 0.3) is 5.91 Å². The average molecular weight is 390 g/mol. The zero-order valence-corrected chi connectivity index (χ0v) is 15.2. The average Bonchev–Trinajstić information content (AvgIpc) is 3.11. The number of halogens is 1. The first-order chi connectivity index (χ1) is 11.7. The summed E-state index contributed by atoms with van der Waals surface area (Å²) in [6, 6.07) is 15.6. The molecule has 1 aliphatic heterocycles. The van der Waals surface area contributed by atoms with Gasteiger partial charge in [-0.15, -0.1) is 0 Å². The smallest absolute Gasteiger partial charge is 0.261 e. The number of hydrogen-bond acceptors (Lipinski definition) is 3. The normalized spacial score (nSPS) is 16.9. The van der Waals surface area contributed by atoms with Crippen LogP contribution in [-0.2, 0) is 4.79 Å². The standard InChI is InChI=1S/C19H20BrNO3/c1-23-16-8-4-14(5-9-16)18-3-2-12-21(18)19(22)13-24-17-10-6-15(20)7-11-17/h4-11,18H,2-3,12-13H2,1H3. The minimum atomic E-state index is 0.0243. The maximum absolute atomic E-state index is 12.6. The van der Waals surface area contributed by atoms with E-state index in [9.17, 15) is 4.79 Å². The van der Waals surface area contributed by atoms with Gasteiger partial charge in [-0.1, -0.05) is 28.1 Å². The van der Waals surface area contributed by atoms with Crippen LogP contribution < -0.4 is 9.47 Å². The number of carbonyl (C=O) groups excluding carboxylic acids is 1. The molecule has 0 spiro atoms. The van der Waals surface area contributed by atoms with Crippen molar-refractivity contribution in [2.24, 2.45) is 0 Å². The van der Waals surface area contributed by atoms with Gasteiger partial charge in [0.05, 0.1) is 13.2 Å². The molecule has 4 nitrogen and oxygen atoms in total. The van der Waals surface area contributed by atoms with E-state index in [2.05, 4.69) is 15.9 Å². The molecule has 126 valence electrons. The van der Waals surface area contributed by atoms with Crippen molar-refractivity contribution in [2.45, 2.75) is 18.9 Å². The molecule has 0 N–H and O–H groups in total. The van der Waals surface area contributed by atoms with Crippen LogP contribution in [0.2, 0.25) is 0 Å². The molecule has 1 atom stereocenters. The zero-order valence-electron chi connectivity index (χ0n) is 13.6. The Morgan fingerprint density at radius 1 is 1.12 bits per heavy atom. The largest absolute Gasteiger partial charge is 0.497 e. The molecule has 0 bridgehead atoms. The second kappa shape index (κ2) is 7.71. The van der Waals surface area contributed by atoms with Crippen LogP contribution in [0.1, 0.15) is 24.4 Å². The highest BCUT2D eigenvalue weighted by molar-refractivity contribution is 9.10. The summed E-state index contributed by atoms with van der Waals surface area (Å²) < 4.78 is 11.8. The number of methoxy groups -OCH3 is 1. The Labute approximate surface area is 150 Å². The second-order valence-electron chi connectivity index (χ2n) is 5.76. The highest BCUT2D eigenvalue weighted by Gasteiger charge is 2.30. The number of ether oxygens (including phenoxy) is 2. The molecular formula is C19H20BrNO3. The molecule has 1 amide bonds. The van der Waals surface area contributed by atoms with E-state index in [0.717, 1.165) is 35.2 Å². The molecule has 24 heavy (non-hydrogen) atoms. The van der Waals surface area contributed by atoms with Crippen LogP contribution in [-0.4, -0.2) is 31.1 Å². The van der Waals surface area contributed by atoms with E-state index in [1.54, 1.807) is 7.11 Å². The van der Waals surface area contributed by atoms with Gasteiger partial charge in [0.15, 0.2) is 6.61 Å². The van der Waals surface area contributed by atoms with Crippen molar-refractivity contribution in [2.75, 3.05) is 20.3 Å². The maximum Gasteiger partial charge on any atom is 0.261 e. The SMILES string of the molecule is COc1ccc(C2CCCN2C(=O)COc2ccc(Br)cc2)cc1. The lowest BCUT2D eigenvalue weighted by Gasteiger charge is -2.25. The first kappa shape index (κ1) is 16.8. The summed E-state index contributed by atoms with van der Waals surface area (Å²) in [5.74, 6) is 1.55. The third kappa shape index (κ3) is 3.90. The molecule has 1 saturated heterocycles. The predicted molar refractivity (Wildman–Crippen MR) is 96.3 cm³/mol. The molecule has 0 aromatic heterocycles. The van der Waals surface area contributed by atoms with E-state index >= 15 is 0 Å². The Kier molecular flexibility index (Phi) is 5.41. The van der Waals surface area contributed by atoms with E-state index in [-0.39, 0.29) is 18.6 Å². The number of nitrogens with zero attached hydrogens (tertiary/aromatic N) is 1. The molecule has 0 radical (unpaired) electrons. The molecule has 0 aliphatic carbocycles. The Bertz CT molecular complexity index is 685. The van der Waals surface area contributed by atoms with Gasteiger partial charge >= 0.3 is 0 Å². The van der Waals surface area contributed by atoms with Gasteiger partial charge in [0.2, 0.25) is 0 Å². The fourth-order valence-corrected chi connectivity index (χ4v) is 3.26. The topological polar surface area (TPSA) is 38.8 Å². The monoisotopic (exact) mass is 389 g/mol. The molecule has 1 fully saturated rings. The first-order valence-electron chi connectivity index (χ1n) is 7.99. The summed E-state index contributed by atoms with van der Waals surface area (Å²) in [5, 5.41) is 0. The minimum absolute atomic E-state index is 0.0243. The summed E-state index contributed by atoms with van der Waals surface area (Å²) in [5.41, 5.74) is 1.14. The van der Waals surface area contributed by atoms with Gasteiger partial charge < -0.3 is 14.4 Å². The van der Waals surface area contributed by atoms with Gasteiger partial charge in [-0.3, -0.25) is 4.79 Å². The number of amides is 1. The second-order valence-corrected chi connectivity index (χ2v) is 6.68. The van der Waals surface area contributed by atoms with Crippen LogP contribution in [0.25, 0.3) is 0 Å². The zero-order chi connectivity index (χ0) is 16.9. The Morgan fingerprint density at radius 3 is 2.46 bits per heavy atom. The summed E-state index contributed by atoms with van der Waals surface area (Å²) in [6.45, 7) is 0.841. The third-order valence-electron chi connectivity index (χ3n) is 4.25. The van der Waals surface area contributed by atoms with Crippen LogP contribution in [0, 0.1) is 0 Å². The van der Waals surface area contributed by atoms with Crippen LogP contribution in [0.5, 0.6) is 11.5 Å². The van der Waals surface area contributed by atoms with E-state index in [1.165, 1.54) is 0 Å². The van der Waals surface area contributed by atoms with E-state index in [0.29, 0.717) is 5.75 Å². The van der Waals surface area contributed by atoms with Crippen molar-refractivity contribution >= 4 is 21.8 Å². The van der Waals surface area contributed by atoms with E-state index < -0.39 is 0 Å². The molecule has 5 heteroatoms. The molecule has 1 aliphatic rings. The third-order valence-corrected chi connectivity index (χ3v) is 4.78. The van der Waals surface area contributed by atoms with E-state index in [4.69, 9.17) is 9.47 Å². The van der Waals surface area contributed by atoms with Crippen LogP contribution in [0.15, 0.2) is 53.0 Å². The van der Waals surface area contributed by atoms with Gasteiger partial charge in [0.1, 0.15) is 11.5 Å². The Balaban J connectivity index is 1.63. The van der Waals surface area contributed by atoms with Gasteiger partial charge in [-0.2, -0.15) is 0 Å². The summed E-state index contributed by atoms with van der Waals surface area (Å²) in [6.07, 6.45) is 2.00. The molecule has 2 aromatic carbocycles.